The predicted molar refractivity (Wildman–Crippen MR) is 184 cm³/mol. The smallest absolute Gasteiger partial charge is 0.408 e. The Morgan fingerprint density at radius 2 is 1.78 bits per heavy atom. The number of carbonyl (C=O) groups is 4. The van der Waals surface area contributed by atoms with Gasteiger partial charge in [0, 0.05) is 12.3 Å². The molecule has 12 nitrogen and oxygen atoms in total. The number of nitrogens with zero attached hydrogens (tertiary/aromatic N) is 3. The van der Waals surface area contributed by atoms with Crippen LogP contribution in [0.5, 0.6) is 5.88 Å². The van der Waals surface area contributed by atoms with Crippen molar-refractivity contribution in [2.45, 2.75) is 95.5 Å². The third kappa shape index (κ3) is 7.26. The van der Waals surface area contributed by atoms with Gasteiger partial charge in [-0.25, -0.2) is 19.6 Å². The number of rotatable bonds is 10. The minimum atomic E-state index is -1.49. The van der Waals surface area contributed by atoms with E-state index in [1.165, 1.54) is 22.3 Å². The average Bonchev–Trinajstić information content (AvgIpc) is 3.36. The van der Waals surface area contributed by atoms with E-state index < -0.39 is 58.9 Å². The Labute approximate surface area is 289 Å². The normalized spacial score (nSPS) is 24.6. The van der Waals surface area contributed by atoms with Gasteiger partial charge >= 0.3 is 12.1 Å². The fraction of sp³-hybridized carbons (Fsp3) is 0.500. The molecule has 0 bridgehead atoms. The lowest BCUT2D eigenvalue weighted by molar-refractivity contribution is -0.146. The number of fused-ring (bicyclic) bond motifs is 1. The van der Waals surface area contributed by atoms with E-state index in [9.17, 15) is 24.3 Å². The summed E-state index contributed by atoms with van der Waals surface area (Å²) in [6, 6.07) is 9.12. The molecule has 3 fully saturated rings. The molecule has 1 aromatic carbocycles. The van der Waals surface area contributed by atoms with Gasteiger partial charge < -0.3 is 30.1 Å². The quantitative estimate of drug-likeness (QED) is 0.239. The number of hydrogen-bond donors (Lipinski definition) is 3. The highest BCUT2D eigenvalue weighted by molar-refractivity contribution is 7.13. The van der Waals surface area contributed by atoms with Crippen LogP contribution in [0.15, 0.2) is 54.4 Å². The maximum absolute atomic E-state index is 14.5. The minimum Gasteiger partial charge on any atom is -0.479 e. The van der Waals surface area contributed by atoms with E-state index in [4.69, 9.17) is 19.4 Å². The van der Waals surface area contributed by atoms with Crippen LogP contribution in [-0.4, -0.2) is 80.2 Å². The van der Waals surface area contributed by atoms with Crippen molar-refractivity contribution in [2.24, 2.45) is 11.3 Å². The number of likely N-dealkylation sites (tertiary alicyclic amines) is 1. The van der Waals surface area contributed by atoms with Crippen LogP contribution >= 0.6 is 11.3 Å². The van der Waals surface area contributed by atoms with Crippen LogP contribution in [0.3, 0.4) is 0 Å². The van der Waals surface area contributed by atoms with Gasteiger partial charge in [-0.3, -0.25) is 9.59 Å². The molecule has 3 amide bonds. The standard InChI is InChI=1S/C36H43N5O7S/c1-5-21-19-36(21,33(44)45)40-30(42)26-18-23(47-31-28(27-16-11-17-49-27)37-24-14-9-10-15-25(24)38-31)20-41(26)32(43)29(35(2,3)4)39-34(46)48-22-12-7-6-8-13-22/h5,9-11,14-17,21-23,26,29H,1,6-8,12-13,18-20H2,2-4H3,(H,39,46)(H,40,42)(H,44,45)/t21-,23-,26+,29-,36?/m1/s1. The van der Waals surface area contributed by atoms with E-state index in [1.54, 1.807) is 0 Å². The zero-order chi connectivity index (χ0) is 34.9. The molecule has 3 aliphatic rings. The van der Waals surface area contributed by atoms with Crippen molar-refractivity contribution < 1.29 is 33.8 Å². The van der Waals surface area contributed by atoms with Crippen molar-refractivity contribution in [2.75, 3.05) is 6.54 Å². The summed E-state index contributed by atoms with van der Waals surface area (Å²) in [4.78, 5) is 65.6. The first-order valence-electron chi connectivity index (χ1n) is 16.8. The van der Waals surface area contributed by atoms with Crippen LogP contribution in [-0.2, 0) is 19.1 Å². The van der Waals surface area contributed by atoms with Crippen LogP contribution in [0.1, 0.15) is 65.7 Å². The maximum Gasteiger partial charge on any atom is 0.408 e. The Bertz CT molecular complexity index is 1730. The number of hydrogen-bond acceptors (Lipinski definition) is 9. The molecule has 1 saturated heterocycles. The first-order chi connectivity index (χ1) is 23.4. The molecule has 49 heavy (non-hydrogen) atoms. The number of carboxylic acid groups (broad SMARTS) is 1. The van der Waals surface area contributed by atoms with E-state index in [0.717, 1.165) is 37.0 Å². The third-order valence-corrected chi connectivity index (χ3v) is 10.5. The first-order valence-corrected chi connectivity index (χ1v) is 17.7. The molecule has 2 saturated carbocycles. The van der Waals surface area contributed by atoms with Gasteiger partial charge in [0.25, 0.3) is 0 Å². The van der Waals surface area contributed by atoms with Gasteiger partial charge in [-0.1, -0.05) is 51.5 Å². The second kappa shape index (κ2) is 13.8. The summed E-state index contributed by atoms with van der Waals surface area (Å²) in [6.07, 6.45) is 4.79. The molecule has 0 radical (unpaired) electrons. The van der Waals surface area contributed by atoms with Gasteiger partial charge in [-0.05, 0) is 61.1 Å². The second-order valence-corrected chi connectivity index (χ2v) is 15.2. The SMILES string of the molecule is C=C[C@@H]1CC1(NC(=O)[C@@H]1C[C@@H](Oc2nc3ccccc3nc2-c2cccs2)CN1C(=O)[C@@H](NC(=O)OC1CCCCC1)C(C)(C)C)C(=O)O. The lowest BCUT2D eigenvalue weighted by Gasteiger charge is -2.35. The number of thiophene rings is 1. The van der Waals surface area contributed by atoms with Crippen molar-refractivity contribution in [3.63, 3.8) is 0 Å². The molecule has 0 spiro atoms. The number of aromatic nitrogens is 2. The van der Waals surface area contributed by atoms with Crippen molar-refractivity contribution in [3.8, 4) is 16.5 Å². The van der Waals surface area contributed by atoms with E-state index in [2.05, 4.69) is 17.2 Å². The highest BCUT2D eigenvalue weighted by Gasteiger charge is 2.61. The van der Waals surface area contributed by atoms with Gasteiger partial charge in [-0.2, -0.15) is 0 Å². The number of alkyl carbamates (subject to hydrolysis) is 1. The van der Waals surface area contributed by atoms with Crippen molar-refractivity contribution in [1.29, 1.82) is 0 Å². The highest BCUT2D eigenvalue weighted by atomic mass is 32.1. The lowest BCUT2D eigenvalue weighted by atomic mass is 9.85. The number of nitrogens with one attached hydrogen (secondary N) is 2. The predicted octanol–water partition coefficient (Wildman–Crippen LogP) is 5.33. The van der Waals surface area contributed by atoms with Crippen molar-refractivity contribution >= 4 is 46.2 Å². The summed E-state index contributed by atoms with van der Waals surface area (Å²) >= 11 is 1.48. The van der Waals surface area contributed by atoms with Gasteiger partial charge in [0.15, 0.2) is 0 Å². The topological polar surface area (TPSA) is 160 Å². The van der Waals surface area contributed by atoms with Gasteiger partial charge in [0.2, 0.25) is 17.7 Å². The molecular weight excluding hydrogens is 646 g/mol. The highest BCUT2D eigenvalue weighted by Crippen LogP contribution is 2.45. The Balaban J connectivity index is 1.29. The van der Waals surface area contributed by atoms with Crippen LogP contribution in [0.25, 0.3) is 21.6 Å². The fourth-order valence-corrected chi connectivity index (χ4v) is 7.50. The molecule has 260 valence electrons. The zero-order valence-corrected chi connectivity index (χ0v) is 28.8. The number of para-hydroxylation sites is 2. The number of benzene rings is 1. The van der Waals surface area contributed by atoms with Crippen LogP contribution in [0.2, 0.25) is 0 Å². The largest absolute Gasteiger partial charge is 0.479 e. The average molecular weight is 690 g/mol. The summed E-state index contributed by atoms with van der Waals surface area (Å²) in [5.74, 6) is -2.46. The number of aliphatic carboxylic acids is 1. The van der Waals surface area contributed by atoms with Gasteiger partial charge in [-0.15, -0.1) is 17.9 Å². The molecule has 5 atom stereocenters. The Hall–Kier alpha value is -4.52. The molecule has 2 aliphatic carbocycles. The van der Waals surface area contributed by atoms with Crippen LogP contribution in [0, 0.1) is 11.3 Å². The molecule has 3 N–H and O–H groups in total. The number of ether oxygens (including phenoxy) is 2. The van der Waals surface area contributed by atoms with Gasteiger partial charge in [0.1, 0.15) is 35.5 Å². The number of amides is 3. The van der Waals surface area contributed by atoms with Crippen molar-refractivity contribution in [3.05, 3.63) is 54.4 Å². The molecule has 2 aromatic heterocycles. The van der Waals surface area contributed by atoms with Crippen LogP contribution < -0.4 is 15.4 Å². The molecule has 6 rings (SSSR count). The van der Waals surface area contributed by atoms with Crippen LogP contribution in [0.4, 0.5) is 4.79 Å². The fourth-order valence-electron chi connectivity index (χ4n) is 6.79. The van der Waals surface area contributed by atoms with E-state index in [1.807, 2.05) is 62.5 Å². The van der Waals surface area contributed by atoms with E-state index in [-0.39, 0.29) is 31.4 Å². The summed E-state index contributed by atoms with van der Waals surface area (Å²) in [7, 11) is 0. The molecule has 3 aromatic rings. The Morgan fingerprint density at radius 3 is 2.39 bits per heavy atom. The lowest BCUT2D eigenvalue weighted by Crippen LogP contribution is -2.59. The minimum absolute atomic E-state index is 0.00774. The summed E-state index contributed by atoms with van der Waals surface area (Å²) in [5, 5.41) is 17.4. The molecule has 13 heteroatoms. The Morgan fingerprint density at radius 1 is 1.06 bits per heavy atom. The maximum atomic E-state index is 14.5. The number of carbonyl (C=O) groups excluding carboxylic acids is 3. The molecule has 3 heterocycles. The molecule has 1 aliphatic heterocycles. The third-order valence-electron chi connectivity index (χ3n) is 9.65. The zero-order valence-electron chi connectivity index (χ0n) is 28.0. The summed E-state index contributed by atoms with van der Waals surface area (Å²) in [6.45, 7) is 9.18. The van der Waals surface area contributed by atoms with Gasteiger partial charge in [0.05, 0.1) is 22.5 Å². The first kappa shape index (κ1) is 34.3. The number of carboxylic acids is 1. The molecular formula is C36H43N5O7S. The summed E-state index contributed by atoms with van der Waals surface area (Å²) in [5.41, 5.74) is -0.396. The molecule has 1 unspecified atom stereocenters. The van der Waals surface area contributed by atoms with E-state index in [0.29, 0.717) is 16.7 Å². The van der Waals surface area contributed by atoms with Crippen molar-refractivity contribution in [1.82, 2.24) is 25.5 Å². The Kier molecular flexibility index (Phi) is 9.65. The second-order valence-electron chi connectivity index (χ2n) is 14.2. The monoisotopic (exact) mass is 689 g/mol. The summed E-state index contributed by atoms with van der Waals surface area (Å²) < 4.78 is 12.2. The van der Waals surface area contributed by atoms with E-state index >= 15 is 0 Å².